The molecule has 1 saturated carbocycles. The summed E-state index contributed by atoms with van der Waals surface area (Å²) in [7, 11) is -3.59. The second-order valence-corrected chi connectivity index (χ2v) is 12.8. The lowest BCUT2D eigenvalue weighted by molar-refractivity contribution is -0.141. The molecule has 0 bridgehead atoms. The molecule has 0 unspecified atom stereocenters. The molecule has 11 heteroatoms. The fourth-order valence-electron chi connectivity index (χ4n) is 5.00. The SMILES string of the molecule is CCOc1ccc(N(CCCC(=O)N(Cc2ccc(Cl)c(Cl)c2)[C@@H](CC)C(=O)NC2CCCC2)S(C)(=O)=O)cc1. The number of rotatable bonds is 14. The number of nitrogens with zero attached hydrogens (tertiary/aromatic N) is 2. The zero-order valence-electron chi connectivity index (χ0n) is 23.4. The molecule has 1 fully saturated rings. The van der Waals surface area contributed by atoms with E-state index in [4.69, 9.17) is 27.9 Å². The summed E-state index contributed by atoms with van der Waals surface area (Å²) in [4.78, 5) is 28.5. The Kier molecular flexibility index (Phi) is 12.0. The second kappa shape index (κ2) is 14.9. The third-order valence-electron chi connectivity index (χ3n) is 7.01. The van der Waals surface area contributed by atoms with Crippen molar-refractivity contribution in [2.75, 3.05) is 23.7 Å². The molecule has 0 heterocycles. The Morgan fingerprint density at radius 3 is 2.30 bits per heavy atom. The van der Waals surface area contributed by atoms with Crippen molar-refractivity contribution in [1.82, 2.24) is 10.2 Å². The van der Waals surface area contributed by atoms with Gasteiger partial charge in [-0.1, -0.05) is 49.0 Å². The summed E-state index contributed by atoms with van der Waals surface area (Å²) in [6, 6.07) is 11.4. The number of carbonyl (C=O) groups is 2. The van der Waals surface area contributed by atoms with Crippen molar-refractivity contribution in [2.24, 2.45) is 0 Å². The first kappa shape index (κ1) is 32.0. The molecular weight excluding hydrogens is 573 g/mol. The Hall–Kier alpha value is -2.49. The van der Waals surface area contributed by atoms with Gasteiger partial charge in [-0.3, -0.25) is 13.9 Å². The Balaban J connectivity index is 1.76. The number of carbonyl (C=O) groups excluding carboxylic acids is 2. The highest BCUT2D eigenvalue weighted by Crippen LogP contribution is 2.26. The zero-order chi connectivity index (χ0) is 29.3. The van der Waals surface area contributed by atoms with Crippen molar-refractivity contribution in [3.05, 3.63) is 58.1 Å². The van der Waals surface area contributed by atoms with Crippen molar-refractivity contribution in [1.29, 1.82) is 0 Å². The van der Waals surface area contributed by atoms with Crippen LogP contribution in [0.25, 0.3) is 0 Å². The van der Waals surface area contributed by atoms with Crippen LogP contribution in [0, 0.1) is 0 Å². The Labute approximate surface area is 248 Å². The summed E-state index contributed by atoms with van der Waals surface area (Å²) in [5.74, 6) is 0.240. The highest BCUT2D eigenvalue weighted by atomic mass is 35.5. The van der Waals surface area contributed by atoms with Crippen molar-refractivity contribution in [3.8, 4) is 5.75 Å². The molecule has 2 aromatic rings. The maximum absolute atomic E-state index is 13.6. The molecule has 220 valence electrons. The molecule has 0 radical (unpaired) electrons. The first-order chi connectivity index (χ1) is 19.0. The highest BCUT2D eigenvalue weighted by molar-refractivity contribution is 7.92. The van der Waals surface area contributed by atoms with Crippen LogP contribution >= 0.6 is 23.2 Å². The number of hydrogen-bond acceptors (Lipinski definition) is 5. The van der Waals surface area contributed by atoms with Gasteiger partial charge in [-0.15, -0.1) is 0 Å². The minimum Gasteiger partial charge on any atom is -0.494 e. The number of amides is 2. The van der Waals surface area contributed by atoms with Gasteiger partial charge in [-0.25, -0.2) is 8.42 Å². The van der Waals surface area contributed by atoms with Crippen LogP contribution in [0.15, 0.2) is 42.5 Å². The van der Waals surface area contributed by atoms with E-state index < -0.39 is 16.1 Å². The maximum Gasteiger partial charge on any atom is 0.243 e. The maximum atomic E-state index is 13.6. The molecule has 3 rings (SSSR count). The molecule has 40 heavy (non-hydrogen) atoms. The lowest BCUT2D eigenvalue weighted by Gasteiger charge is -2.32. The largest absolute Gasteiger partial charge is 0.494 e. The molecule has 8 nitrogen and oxygen atoms in total. The molecule has 0 aromatic heterocycles. The third-order valence-corrected chi connectivity index (χ3v) is 8.95. The quantitative estimate of drug-likeness (QED) is 0.291. The summed E-state index contributed by atoms with van der Waals surface area (Å²) in [6.07, 6.45) is 5.97. The van der Waals surface area contributed by atoms with Crippen LogP contribution in [0.5, 0.6) is 5.75 Å². The Morgan fingerprint density at radius 1 is 1.05 bits per heavy atom. The fraction of sp³-hybridized carbons (Fsp3) is 0.517. The number of ether oxygens (including phenoxy) is 1. The van der Waals surface area contributed by atoms with Crippen molar-refractivity contribution >= 4 is 50.7 Å². The van der Waals surface area contributed by atoms with Crippen molar-refractivity contribution in [3.63, 3.8) is 0 Å². The molecule has 1 aliphatic carbocycles. The van der Waals surface area contributed by atoms with Gasteiger partial charge in [0.2, 0.25) is 21.8 Å². The van der Waals surface area contributed by atoms with E-state index in [1.807, 2.05) is 13.8 Å². The van der Waals surface area contributed by atoms with E-state index in [1.165, 1.54) is 4.31 Å². The van der Waals surface area contributed by atoms with E-state index in [0.29, 0.717) is 34.5 Å². The second-order valence-electron chi connectivity index (χ2n) is 10.0. The van der Waals surface area contributed by atoms with Gasteiger partial charge in [0, 0.05) is 25.6 Å². The zero-order valence-corrected chi connectivity index (χ0v) is 25.7. The van der Waals surface area contributed by atoms with Crippen LogP contribution in [-0.4, -0.2) is 56.6 Å². The lowest BCUT2D eigenvalue weighted by atomic mass is 10.1. The van der Waals surface area contributed by atoms with Gasteiger partial charge in [0.05, 0.1) is 28.6 Å². The Bertz CT molecular complexity index is 1250. The smallest absolute Gasteiger partial charge is 0.243 e. The Morgan fingerprint density at radius 2 is 1.73 bits per heavy atom. The average molecular weight is 613 g/mol. The van der Waals surface area contributed by atoms with Crippen LogP contribution in [0.4, 0.5) is 5.69 Å². The minimum absolute atomic E-state index is 0.0670. The minimum atomic E-state index is -3.59. The third kappa shape index (κ3) is 9.01. The van der Waals surface area contributed by atoms with Gasteiger partial charge < -0.3 is 15.0 Å². The van der Waals surface area contributed by atoms with E-state index in [2.05, 4.69) is 5.32 Å². The van der Waals surface area contributed by atoms with E-state index in [9.17, 15) is 18.0 Å². The van der Waals surface area contributed by atoms with E-state index >= 15 is 0 Å². The molecule has 1 atom stereocenters. The topological polar surface area (TPSA) is 96.0 Å². The number of halogens is 2. The van der Waals surface area contributed by atoms with Crippen LogP contribution in [0.3, 0.4) is 0 Å². The molecule has 0 saturated heterocycles. The fourth-order valence-corrected chi connectivity index (χ4v) is 6.29. The van der Waals surface area contributed by atoms with Crippen molar-refractivity contribution in [2.45, 2.75) is 77.4 Å². The number of sulfonamides is 1. The van der Waals surface area contributed by atoms with Gasteiger partial charge >= 0.3 is 0 Å². The van der Waals surface area contributed by atoms with Crippen molar-refractivity contribution < 1.29 is 22.7 Å². The highest BCUT2D eigenvalue weighted by Gasteiger charge is 2.31. The van der Waals surface area contributed by atoms with Crippen LogP contribution in [0.1, 0.15) is 64.4 Å². The van der Waals surface area contributed by atoms with Crippen LogP contribution in [-0.2, 0) is 26.2 Å². The van der Waals surface area contributed by atoms with Gasteiger partial charge in [0.15, 0.2) is 0 Å². The number of anilines is 1. The predicted molar refractivity (Wildman–Crippen MR) is 161 cm³/mol. The molecule has 1 aliphatic rings. The van der Waals surface area contributed by atoms with Gasteiger partial charge in [0.1, 0.15) is 11.8 Å². The summed E-state index contributed by atoms with van der Waals surface area (Å²) >= 11 is 12.3. The summed E-state index contributed by atoms with van der Waals surface area (Å²) in [6.45, 7) is 4.56. The number of nitrogens with one attached hydrogen (secondary N) is 1. The summed E-state index contributed by atoms with van der Waals surface area (Å²) in [5, 5.41) is 3.90. The predicted octanol–water partition coefficient (Wildman–Crippen LogP) is 5.80. The van der Waals surface area contributed by atoms with E-state index in [-0.39, 0.29) is 43.8 Å². The normalized spacial score (nSPS) is 14.5. The molecule has 2 amide bonds. The molecule has 0 aliphatic heterocycles. The van der Waals surface area contributed by atoms with Crippen LogP contribution < -0.4 is 14.4 Å². The molecule has 0 spiro atoms. The average Bonchev–Trinajstić information content (AvgIpc) is 3.41. The standard InChI is InChI=1S/C29H39Cl2N3O5S/c1-4-27(29(36)32-22-9-6-7-10-22)33(20-21-12-17-25(30)26(31)19-21)28(35)11-8-18-34(40(3,37)38)23-13-15-24(16-14-23)39-5-2/h12-17,19,22,27H,4-11,18,20H2,1-3H3,(H,32,36)/t27-/m0/s1. The summed E-state index contributed by atoms with van der Waals surface area (Å²) < 4.78 is 31.9. The molecule has 2 aromatic carbocycles. The first-order valence-corrected chi connectivity index (χ1v) is 16.4. The number of benzene rings is 2. The van der Waals surface area contributed by atoms with Gasteiger partial charge in [-0.2, -0.15) is 0 Å². The van der Waals surface area contributed by atoms with Crippen LogP contribution in [0.2, 0.25) is 10.0 Å². The molecule has 1 N–H and O–H groups in total. The van der Waals surface area contributed by atoms with E-state index in [0.717, 1.165) is 37.5 Å². The molecular formula is C29H39Cl2N3O5S. The lowest BCUT2D eigenvalue weighted by Crippen LogP contribution is -2.51. The monoisotopic (exact) mass is 611 g/mol. The first-order valence-electron chi connectivity index (χ1n) is 13.8. The van der Waals surface area contributed by atoms with Gasteiger partial charge in [-0.05, 0) is 74.6 Å². The van der Waals surface area contributed by atoms with E-state index in [1.54, 1.807) is 47.4 Å². The summed E-state index contributed by atoms with van der Waals surface area (Å²) in [5.41, 5.74) is 1.25. The van der Waals surface area contributed by atoms with Gasteiger partial charge in [0.25, 0.3) is 0 Å². The number of hydrogen-bond donors (Lipinski definition) is 1.